The Morgan fingerprint density at radius 1 is 1.80 bits per heavy atom. The second kappa shape index (κ2) is 2.28. The molecule has 0 spiro atoms. The van der Waals surface area contributed by atoms with Crippen LogP contribution in [0.25, 0.3) is 0 Å². The van der Waals surface area contributed by atoms with Gasteiger partial charge in [-0.1, -0.05) is 0 Å². The lowest BCUT2D eigenvalue weighted by atomic mass is 10.0. The van der Waals surface area contributed by atoms with E-state index >= 15 is 0 Å². The van der Waals surface area contributed by atoms with E-state index in [0.29, 0.717) is 6.42 Å². The monoisotopic (exact) mass is 143 g/mol. The van der Waals surface area contributed by atoms with Gasteiger partial charge in [0.15, 0.2) is 0 Å². The molecule has 0 aliphatic carbocycles. The number of ether oxygens (including phenoxy) is 1. The predicted molar refractivity (Wildman–Crippen MR) is 33.2 cm³/mol. The molecule has 0 radical (unpaired) electrons. The quantitative estimate of drug-likeness (QED) is 0.363. The van der Waals surface area contributed by atoms with Crippen LogP contribution in [0.4, 0.5) is 0 Å². The number of esters is 1. The highest BCUT2D eigenvalue weighted by molar-refractivity contribution is 5.94. The summed E-state index contributed by atoms with van der Waals surface area (Å²) in [5.41, 5.74) is 0. The highest BCUT2D eigenvalue weighted by Crippen LogP contribution is 2.16. The fraction of sp³-hybridized carbons (Fsp3) is 0.667. The summed E-state index contributed by atoms with van der Waals surface area (Å²) in [6.45, 7) is 0. The SMILES string of the molecule is COC(=O)C1CC(=O)N1C. The smallest absolute Gasteiger partial charge is 0.329 e. The van der Waals surface area contributed by atoms with Crippen LogP contribution in [0.15, 0.2) is 0 Å². The maximum Gasteiger partial charge on any atom is 0.329 e. The van der Waals surface area contributed by atoms with Gasteiger partial charge in [-0.05, 0) is 0 Å². The number of likely N-dealkylation sites (tertiary alicyclic amines) is 1. The number of likely N-dealkylation sites (N-methyl/N-ethyl adjacent to an activating group) is 1. The van der Waals surface area contributed by atoms with Crippen molar-refractivity contribution in [3.63, 3.8) is 0 Å². The van der Waals surface area contributed by atoms with Gasteiger partial charge in [0.05, 0.1) is 13.5 Å². The summed E-state index contributed by atoms with van der Waals surface area (Å²) in [4.78, 5) is 22.7. The topological polar surface area (TPSA) is 46.6 Å². The molecule has 1 amide bonds. The van der Waals surface area contributed by atoms with E-state index in [2.05, 4.69) is 4.74 Å². The zero-order chi connectivity index (χ0) is 7.72. The standard InChI is InChI=1S/C6H9NO3/c1-7-4(3-5(7)8)6(9)10-2/h4H,3H2,1-2H3. The van der Waals surface area contributed by atoms with E-state index in [1.807, 2.05) is 0 Å². The Labute approximate surface area is 58.8 Å². The van der Waals surface area contributed by atoms with Gasteiger partial charge < -0.3 is 9.64 Å². The largest absolute Gasteiger partial charge is 0.467 e. The Morgan fingerprint density at radius 3 is 2.70 bits per heavy atom. The number of rotatable bonds is 1. The summed E-state index contributed by atoms with van der Waals surface area (Å²) < 4.78 is 4.44. The zero-order valence-corrected chi connectivity index (χ0v) is 5.96. The minimum absolute atomic E-state index is 0.00426. The normalized spacial score (nSPS) is 24.0. The van der Waals surface area contributed by atoms with Crippen molar-refractivity contribution in [2.75, 3.05) is 14.2 Å². The molecule has 1 heterocycles. The number of methoxy groups -OCH3 is 1. The number of carbonyl (C=O) groups excluding carboxylic acids is 2. The average molecular weight is 143 g/mol. The average Bonchev–Trinajstić information content (AvgIpc) is 1.98. The van der Waals surface area contributed by atoms with Crippen LogP contribution in [0.3, 0.4) is 0 Å². The van der Waals surface area contributed by atoms with E-state index in [0.717, 1.165) is 0 Å². The molecule has 4 nitrogen and oxygen atoms in total. The van der Waals surface area contributed by atoms with Crippen LogP contribution in [0.2, 0.25) is 0 Å². The van der Waals surface area contributed by atoms with E-state index in [1.54, 1.807) is 7.05 Å². The summed E-state index contributed by atoms with van der Waals surface area (Å²) in [6.07, 6.45) is 0.295. The van der Waals surface area contributed by atoms with E-state index in [9.17, 15) is 9.59 Å². The third-order valence-electron chi connectivity index (χ3n) is 1.70. The van der Waals surface area contributed by atoms with Crippen molar-refractivity contribution in [1.29, 1.82) is 0 Å². The first kappa shape index (κ1) is 7.05. The number of β-lactam (4-membered cyclic amide) rings is 1. The van der Waals surface area contributed by atoms with Gasteiger partial charge in [-0.25, -0.2) is 4.79 Å². The van der Waals surface area contributed by atoms with Gasteiger partial charge in [0.25, 0.3) is 0 Å². The lowest BCUT2D eigenvalue weighted by Gasteiger charge is -2.34. The van der Waals surface area contributed by atoms with Crippen LogP contribution in [0, 0.1) is 0 Å². The van der Waals surface area contributed by atoms with Crippen LogP contribution in [-0.4, -0.2) is 37.0 Å². The van der Waals surface area contributed by atoms with Crippen molar-refractivity contribution in [3.8, 4) is 0 Å². The summed E-state index contributed by atoms with van der Waals surface area (Å²) in [7, 11) is 2.91. The van der Waals surface area contributed by atoms with Crippen molar-refractivity contribution in [3.05, 3.63) is 0 Å². The Morgan fingerprint density at radius 2 is 2.40 bits per heavy atom. The molecule has 0 aromatic heterocycles. The molecule has 0 aromatic rings. The summed E-state index contributed by atoms with van der Waals surface area (Å²) in [5.74, 6) is -0.336. The Hall–Kier alpha value is -1.06. The van der Waals surface area contributed by atoms with Crippen molar-refractivity contribution in [2.24, 2.45) is 0 Å². The summed E-state index contributed by atoms with van der Waals surface area (Å²) in [5, 5.41) is 0. The van der Waals surface area contributed by atoms with Crippen LogP contribution in [-0.2, 0) is 14.3 Å². The maximum absolute atomic E-state index is 10.7. The number of hydrogen-bond donors (Lipinski definition) is 0. The second-order valence-electron chi connectivity index (χ2n) is 2.25. The summed E-state index contributed by atoms with van der Waals surface area (Å²) in [6, 6.07) is -0.336. The maximum atomic E-state index is 10.7. The molecule has 1 rings (SSSR count). The molecule has 1 saturated heterocycles. The molecule has 1 atom stereocenters. The number of nitrogens with zero attached hydrogens (tertiary/aromatic N) is 1. The first-order valence-corrected chi connectivity index (χ1v) is 3.00. The Balaban J connectivity index is 2.47. The van der Waals surface area contributed by atoms with E-state index in [-0.39, 0.29) is 17.9 Å². The molecule has 10 heavy (non-hydrogen) atoms. The third-order valence-corrected chi connectivity index (χ3v) is 1.70. The minimum Gasteiger partial charge on any atom is -0.467 e. The van der Waals surface area contributed by atoms with Crippen molar-refractivity contribution in [2.45, 2.75) is 12.5 Å². The van der Waals surface area contributed by atoms with Gasteiger partial charge in [-0.2, -0.15) is 0 Å². The minimum atomic E-state index is -0.336. The van der Waals surface area contributed by atoms with E-state index < -0.39 is 0 Å². The van der Waals surface area contributed by atoms with E-state index in [1.165, 1.54) is 12.0 Å². The predicted octanol–water partition coefficient (Wildman–Crippen LogP) is -0.610. The lowest BCUT2D eigenvalue weighted by molar-refractivity contribution is -0.162. The van der Waals surface area contributed by atoms with Gasteiger partial charge in [-0.3, -0.25) is 4.79 Å². The Kier molecular flexibility index (Phi) is 1.61. The fourth-order valence-corrected chi connectivity index (χ4v) is 0.885. The van der Waals surface area contributed by atoms with Crippen LogP contribution in [0.1, 0.15) is 6.42 Å². The molecule has 0 bridgehead atoms. The van der Waals surface area contributed by atoms with Gasteiger partial charge in [0, 0.05) is 7.05 Å². The number of amides is 1. The first-order chi connectivity index (χ1) is 4.66. The van der Waals surface area contributed by atoms with Gasteiger partial charge >= 0.3 is 5.97 Å². The van der Waals surface area contributed by atoms with Crippen molar-refractivity contribution < 1.29 is 14.3 Å². The number of hydrogen-bond acceptors (Lipinski definition) is 3. The first-order valence-electron chi connectivity index (χ1n) is 3.00. The highest BCUT2D eigenvalue weighted by atomic mass is 16.5. The van der Waals surface area contributed by atoms with Gasteiger partial charge in [-0.15, -0.1) is 0 Å². The molecular weight excluding hydrogens is 134 g/mol. The Bertz CT molecular complexity index is 178. The molecule has 1 aliphatic rings. The fourth-order valence-electron chi connectivity index (χ4n) is 0.885. The molecule has 1 unspecified atom stereocenters. The third kappa shape index (κ3) is 0.853. The molecule has 0 aromatic carbocycles. The molecule has 1 aliphatic heterocycles. The number of carbonyl (C=O) groups is 2. The zero-order valence-electron chi connectivity index (χ0n) is 5.96. The molecule has 56 valence electrons. The molecule has 0 N–H and O–H groups in total. The highest BCUT2D eigenvalue weighted by Gasteiger charge is 2.38. The van der Waals surface area contributed by atoms with Crippen LogP contribution < -0.4 is 0 Å². The van der Waals surface area contributed by atoms with Gasteiger partial charge in [0.2, 0.25) is 5.91 Å². The molecule has 4 heteroatoms. The summed E-state index contributed by atoms with van der Waals surface area (Å²) >= 11 is 0. The van der Waals surface area contributed by atoms with Gasteiger partial charge in [0.1, 0.15) is 6.04 Å². The molecule has 0 saturated carbocycles. The van der Waals surface area contributed by atoms with Crippen molar-refractivity contribution in [1.82, 2.24) is 4.90 Å². The van der Waals surface area contributed by atoms with Crippen molar-refractivity contribution >= 4 is 11.9 Å². The van der Waals surface area contributed by atoms with E-state index in [4.69, 9.17) is 0 Å². The second-order valence-corrected chi connectivity index (χ2v) is 2.25. The molecule has 1 fully saturated rings. The molecular formula is C6H9NO3. The lowest BCUT2D eigenvalue weighted by Crippen LogP contribution is -2.54. The van der Waals surface area contributed by atoms with Crippen LogP contribution >= 0.6 is 0 Å². The van der Waals surface area contributed by atoms with Crippen LogP contribution in [0.5, 0.6) is 0 Å².